The van der Waals surface area contributed by atoms with Crippen LogP contribution in [-0.4, -0.2) is 32.1 Å². The van der Waals surface area contributed by atoms with E-state index in [1.165, 1.54) is 14.1 Å². The van der Waals surface area contributed by atoms with E-state index >= 15 is 0 Å². The van der Waals surface area contributed by atoms with Gasteiger partial charge in [0.05, 0.1) is 5.56 Å². The van der Waals surface area contributed by atoms with Gasteiger partial charge in [0.25, 0.3) is 5.56 Å². The summed E-state index contributed by atoms with van der Waals surface area (Å²) in [5.74, 6) is -1.73. The second kappa shape index (κ2) is 8.47. The Morgan fingerprint density at radius 3 is 2.32 bits per heavy atom. The molecule has 3 aromatic rings. The molecule has 162 valence electrons. The number of carbonyl (C=O) groups excluding carboxylic acids is 2. The van der Waals surface area contributed by atoms with E-state index in [2.05, 4.69) is 0 Å². The van der Waals surface area contributed by atoms with Crippen LogP contribution in [0.1, 0.15) is 37.7 Å². The number of carbonyl (C=O) groups is 2. The van der Waals surface area contributed by atoms with Crippen LogP contribution in [0.15, 0.2) is 46.0 Å². The van der Waals surface area contributed by atoms with Crippen LogP contribution in [0, 0.1) is 13.8 Å². The zero-order chi connectivity index (χ0) is 22.9. The molecule has 0 bridgehead atoms. The van der Waals surface area contributed by atoms with Crippen molar-refractivity contribution in [2.24, 2.45) is 14.1 Å². The average molecular weight is 424 g/mol. The fraction of sp³-hybridized carbons (Fsp3) is 0.273. The monoisotopic (exact) mass is 424 g/mol. The molecule has 9 nitrogen and oxygen atoms in total. The van der Waals surface area contributed by atoms with Crippen molar-refractivity contribution >= 4 is 17.6 Å². The summed E-state index contributed by atoms with van der Waals surface area (Å²) in [6.45, 7) is 3.61. The molecule has 0 fully saturated rings. The van der Waals surface area contributed by atoms with Gasteiger partial charge in [0.1, 0.15) is 11.4 Å². The fourth-order valence-electron chi connectivity index (χ4n) is 3.42. The minimum absolute atomic E-state index is 0.268. The van der Waals surface area contributed by atoms with E-state index in [1.54, 1.807) is 13.0 Å². The van der Waals surface area contributed by atoms with Crippen LogP contribution in [0.2, 0.25) is 0 Å². The van der Waals surface area contributed by atoms with Crippen molar-refractivity contribution in [1.29, 1.82) is 0 Å². The summed E-state index contributed by atoms with van der Waals surface area (Å²) in [5.41, 5.74) is 6.91. The van der Waals surface area contributed by atoms with Crippen LogP contribution < -0.4 is 17.0 Å². The summed E-state index contributed by atoms with van der Waals surface area (Å²) < 4.78 is 8.93. The first-order chi connectivity index (χ1) is 14.6. The van der Waals surface area contributed by atoms with E-state index in [4.69, 9.17) is 10.5 Å². The highest BCUT2D eigenvalue weighted by Crippen LogP contribution is 2.18. The number of hydrogen-bond donors (Lipinski definition) is 1. The Balaban J connectivity index is 1.79. The SMILES string of the molecule is Cc1cc(C(=O)OCC(=O)c2c(N)n(C)c(=O)n(C)c2=O)c(C)n1Cc1ccccc1. The molecule has 2 aromatic heterocycles. The molecule has 31 heavy (non-hydrogen) atoms. The first kappa shape index (κ1) is 21.8. The molecule has 0 atom stereocenters. The van der Waals surface area contributed by atoms with Gasteiger partial charge in [0.2, 0.25) is 5.78 Å². The first-order valence-electron chi connectivity index (χ1n) is 9.60. The lowest BCUT2D eigenvalue weighted by atomic mass is 10.2. The normalized spacial score (nSPS) is 10.8. The van der Waals surface area contributed by atoms with Crippen LogP contribution in [0.25, 0.3) is 0 Å². The average Bonchev–Trinajstić information content (AvgIpc) is 3.04. The molecule has 0 spiro atoms. The van der Waals surface area contributed by atoms with Crippen LogP contribution >= 0.6 is 0 Å². The van der Waals surface area contributed by atoms with Gasteiger partial charge in [-0.2, -0.15) is 0 Å². The van der Waals surface area contributed by atoms with Crippen molar-refractivity contribution in [2.45, 2.75) is 20.4 Å². The second-order valence-corrected chi connectivity index (χ2v) is 7.32. The van der Waals surface area contributed by atoms with E-state index in [0.717, 1.165) is 20.4 Å². The molecule has 0 aliphatic carbocycles. The molecular formula is C22H24N4O5. The predicted octanol–water partition coefficient (Wildman–Crippen LogP) is 1.17. The Morgan fingerprint density at radius 2 is 1.68 bits per heavy atom. The largest absolute Gasteiger partial charge is 0.454 e. The molecule has 2 heterocycles. The molecule has 2 N–H and O–H groups in total. The van der Waals surface area contributed by atoms with Gasteiger partial charge in [0, 0.05) is 32.0 Å². The van der Waals surface area contributed by atoms with Gasteiger partial charge < -0.3 is 15.0 Å². The Hall–Kier alpha value is -3.88. The smallest absolute Gasteiger partial charge is 0.340 e. The summed E-state index contributed by atoms with van der Waals surface area (Å²) in [4.78, 5) is 49.3. The van der Waals surface area contributed by atoms with Crippen LogP contribution in [0.3, 0.4) is 0 Å². The Labute approximate surface area is 178 Å². The highest BCUT2D eigenvalue weighted by Gasteiger charge is 2.23. The highest BCUT2D eigenvalue weighted by atomic mass is 16.5. The van der Waals surface area contributed by atoms with Gasteiger partial charge in [0.15, 0.2) is 6.61 Å². The summed E-state index contributed by atoms with van der Waals surface area (Å²) in [5, 5.41) is 0. The molecular weight excluding hydrogens is 400 g/mol. The first-order valence-corrected chi connectivity index (χ1v) is 9.60. The zero-order valence-electron chi connectivity index (χ0n) is 17.8. The van der Waals surface area contributed by atoms with Gasteiger partial charge in [-0.25, -0.2) is 9.59 Å². The number of aryl methyl sites for hydroxylation is 1. The molecule has 1 aromatic carbocycles. The van der Waals surface area contributed by atoms with E-state index in [0.29, 0.717) is 17.8 Å². The fourth-order valence-corrected chi connectivity index (χ4v) is 3.42. The molecule has 9 heteroatoms. The number of hydrogen-bond acceptors (Lipinski definition) is 6. The Bertz CT molecular complexity index is 1280. The van der Waals surface area contributed by atoms with Gasteiger partial charge in [-0.1, -0.05) is 30.3 Å². The third-order valence-electron chi connectivity index (χ3n) is 5.30. The predicted molar refractivity (Wildman–Crippen MR) is 115 cm³/mol. The second-order valence-electron chi connectivity index (χ2n) is 7.32. The Kier molecular flexibility index (Phi) is 5.96. The van der Waals surface area contributed by atoms with Gasteiger partial charge >= 0.3 is 11.7 Å². The highest BCUT2D eigenvalue weighted by molar-refractivity contribution is 6.02. The maximum absolute atomic E-state index is 12.6. The number of nitrogen functional groups attached to an aromatic ring is 1. The minimum atomic E-state index is -0.831. The number of benzene rings is 1. The van der Waals surface area contributed by atoms with E-state index < -0.39 is 29.6 Å². The maximum atomic E-state index is 12.6. The summed E-state index contributed by atoms with van der Waals surface area (Å²) >= 11 is 0. The van der Waals surface area contributed by atoms with Crippen LogP contribution in [-0.2, 0) is 25.4 Å². The number of rotatable bonds is 6. The summed E-state index contributed by atoms with van der Waals surface area (Å²) in [6, 6.07) is 11.5. The molecule has 0 radical (unpaired) electrons. The number of Topliss-reactive ketones (excluding diaryl/α,β-unsaturated/α-hetero) is 1. The quantitative estimate of drug-likeness (QED) is 0.469. The number of ether oxygens (including phenoxy) is 1. The molecule has 0 amide bonds. The van der Waals surface area contributed by atoms with Crippen LogP contribution in [0.5, 0.6) is 0 Å². The lowest BCUT2D eigenvalue weighted by Crippen LogP contribution is -2.42. The number of ketones is 1. The summed E-state index contributed by atoms with van der Waals surface area (Å²) in [6.07, 6.45) is 0. The molecule has 0 aliphatic heterocycles. The standard InChI is InChI=1S/C22H24N4O5/c1-13-10-16(14(2)26(13)11-15-8-6-5-7-9-15)21(29)31-12-17(27)18-19(23)24(3)22(30)25(4)20(18)28/h5-10H,11-12,23H2,1-4H3. The zero-order valence-corrected chi connectivity index (χ0v) is 17.8. The Morgan fingerprint density at radius 1 is 1.03 bits per heavy atom. The topological polar surface area (TPSA) is 118 Å². The van der Waals surface area contributed by atoms with Crippen molar-refractivity contribution < 1.29 is 14.3 Å². The van der Waals surface area contributed by atoms with E-state index in [-0.39, 0.29) is 11.4 Å². The molecule has 0 saturated heterocycles. The van der Waals surface area contributed by atoms with Crippen molar-refractivity contribution in [1.82, 2.24) is 13.7 Å². The van der Waals surface area contributed by atoms with Gasteiger partial charge in [-0.15, -0.1) is 0 Å². The molecule has 0 aliphatic rings. The third kappa shape index (κ3) is 4.07. The van der Waals surface area contributed by atoms with Crippen molar-refractivity contribution in [3.05, 3.63) is 85.3 Å². The van der Waals surface area contributed by atoms with E-state index in [1.807, 2.05) is 41.8 Å². The number of nitrogens with two attached hydrogens (primary N) is 1. The lowest BCUT2D eigenvalue weighted by molar-refractivity contribution is 0.0473. The maximum Gasteiger partial charge on any atom is 0.340 e. The van der Waals surface area contributed by atoms with Crippen molar-refractivity contribution in [2.75, 3.05) is 12.3 Å². The minimum Gasteiger partial charge on any atom is -0.454 e. The number of aromatic nitrogens is 3. The third-order valence-corrected chi connectivity index (χ3v) is 5.30. The van der Waals surface area contributed by atoms with E-state index in [9.17, 15) is 19.2 Å². The number of esters is 1. The number of anilines is 1. The van der Waals surface area contributed by atoms with Gasteiger partial charge in [-0.3, -0.25) is 18.7 Å². The molecule has 0 unspecified atom stereocenters. The number of nitrogens with zero attached hydrogens (tertiary/aromatic N) is 3. The molecule has 0 saturated carbocycles. The lowest BCUT2D eigenvalue weighted by Gasteiger charge is -2.11. The summed E-state index contributed by atoms with van der Waals surface area (Å²) in [7, 11) is 2.59. The van der Waals surface area contributed by atoms with Crippen molar-refractivity contribution in [3.63, 3.8) is 0 Å². The van der Waals surface area contributed by atoms with Gasteiger partial charge in [-0.05, 0) is 25.5 Å². The molecule has 3 rings (SSSR count). The van der Waals surface area contributed by atoms with Crippen molar-refractivity contribution in [3.8, 4) is 0 Å². The van der Waals surface area contributed by atoms with Crippen LogP contribution in [0.4, 0.5) is 5.82 Å².